The largest absolute Gasteiger partial charge is 0.355 e. The van der Waals surface area contributed by atoms with E-state index in [-0.39, 0.29) is 0 Å². The molecule has 0 heterocycles. The molecule has 0 aromatic carbocycles. The van der Waals surface area contributed by atoms with Crippen LogP contribution in [0.25, 0.3) is 0 Å². The van der Waals surface area contributed by atoms with Gasteiger partial charge in [0.25, 0.3) is 0 Å². The summed E-state index contributed by atoms with van der Waals surface area (Å²) < 4.78 is 0. The van der Waals surface area contributed by atoms with Crippen molar-refractivity contribution in [1.29, 1.82) is 0 Å². The molecule has 0 unspecified atom stereocenters. The van der Waals surface area contributed by atoms with Gasteiger partial charge in [-0.1, -0.05) is 19.3 Å². The van der Waals surface area contributed by atoms with E-state index in [4.69, 9.17) is 0 Å². The first-order chi connectivity index (χ1) is 5.36. The van der Waals surface area contributed by atoms with Gasteiger partial charge in [0, 0.05) is 6.42 Å². The highest BCUT2D eigenvalue weighted by Gasteiger charge is 2.31. The van der Waals surface area contributed by atoms with Gasteiger partial charge in [-0.15, -0.1) is 0 Å². The van der Waals surface area contributed by atoms with Gasteiger partial charge in [0.05, 0.1) is 6.04 Å². The summed E-state index contributed by atoms with van der Waals surface area (Å²) >= 11 is 0. The summed E-state index contributed by atoms with van der Waals surface area (Å²) in [5, 5.41) is 0. The van der Waals surface area contributed by atoms with Crippen molar-refractivity contribution in [2.75, 3.05) is 0 Å². The molecule has 0 aliphatic heterocycles. The molecule has 2 fully saturated rings. The van der Waals surface area contributed by atoms with Gasteiger partial charge < -0.3 is 5.73 Å². The second kappa shape index (κ2) is 3.14. The summed E-state index contributed by atoms with van der Waals surface area (Å²) in [4.78, 5) is 0. The molecule has 2 rings (SSSR count). The molecule has 3 N–H and O–H groups in total. The summed E-state index contributed by atoms with van der Waals surface area (Å²) in [5.41, 5.74) is 4.19. The quantitative estimate of drug-likeness (QED) is 0.549. The van der Waals surface area contributed by atoms with Gasteiger partial charge in [-0.25, -0.2) is 0 Å². The minimum atomic E-state index is 0.786. The van der Waals surface area contributed by atoms with Crippen LogP contribution < -0.4 is 5.73 Å². The fourth-order valence-electron chi connectivity index (χ4n) is 2.97. The Labute approximate surface area is 69.4 Å². The van der Waals surface area contributed by atoms with E-state index in [1.54, 1.807) is 0 Å². The van der Waals surface area contributed by atoms with E-state index in [9.17, 15) is 0 Å². The average molecular weight is 154 g/mol. The molecule has 64 valence electrons. The molecule has 0 bridgehead atoms. The van der Waals surface area contributed by atoms with Crippen molar-refractivity contribution < 1.29 is 5.73 Å². The Morgan fingerprint density at radius 3 is 2.36 bits per heavy atom. The Morgan fingerprint density at radius 2 is 1.55 bits per heavy atom. The van der Waals surface area contributed by atoms with Crippen molar-refractivity contribution in [2.45, 2.75) is 51.0 Å². The van der Waals surface area contributed by atoms with Crippen molar-refractivity contribution in [3.05, 3.63) is 0 Å². The smallest absolute Gasteiger partial charge is 0.0846 e. The van der Waals surface area contributed by atoms with Crippen molar-refractivity contribution in [2.24, 2.45) is 11.8 Å². The van der Waals surface area contributed by atoms with Crippen LogP contribution in [0, 0.1) is 11.8 Å². The Hall–Kier alpha value is -0.0400. The Kier molecular flexibility index (Phi) is 2.17. The lowest BCUT2D eigenvalue weighted by Crippen LogP contribution is -2.63. The highest BCUT2D eigenvalue weighted by Crippen LogP contribution is 2.39. The first-order valence-electron chi connectivity index (χ1n) is 5.19. The first-order valence-corrected chi connectivity index (χ1v) is 5.19. The van der Waals surface area contributed by atoms with Crippen LogP contribution in [0.15, 0.2) is 0 Å². The van der Waals surface area contributed by atoms with E-state index in [0.717, 1.165) is 17.9 Å². The lowest BCUT2D eigenvalue weighted by molar-refractivity contribution is -0.430. The minimum absolute atomic E-state index is 0.786. The number of hydrogen-bond donors (Lipinski definition) is 1. The van der Waals surface area contributed by atoms with Gasteiger partial charge in [0.1, 0.15) is 0 Å². The Morgan fingerprint density at radius 1 is 0.818 bits per heavy atom. The molecular weight excluding hydrogens is 134 g/mol. The third kappa shape index (κ3) is 1.58. The SMILES string of the molecule is [NH3+][C@H]1CC[C@@H]2CCCC[C@@H]2C1. The van der Waals surface area contributed by atoms with Crippen LogP contribution in [0.2, 0.25) is 0 Å². The maximum atomic E-state index is 4.19. The monoisotopic (exact) mass is 154 g/mol. The molecule has 11 heavy (non-hydrogen) atoms. The average Bonchev–Trinajstić information content (AvgIpc) is 2.04. The molecule has 2 aliphatic rings. The number of quaternary nitrogens is 1. The summed E-state index contributed by atoms with van der Waals surface area (Å²) in [7, 11) is 0. The van der Waals surface area contributed by atoms with Crippen LogP contribution in [0.5, 0.6) is 0 Å². The number of hydrogen-bond acceptors (Lipinski definition) is 0. The van der Waals surface area contributed by atoms with Gasteiger partial charge in [-0.3, -0.25) is 0 Å². The molecule has 0 radical (unpaired) electrons. The third-order valence-electron chi connectivity index (χ3n) is 3.65. The van der Waals surface area contributed by atoms with Crippen LogP contribution in [-0.2, 0) is 0 Å². The lowest BCUT2D eigenvalue weighted by Gasteiger charge is -2.36. The van der Waals surface area contributed by atoms with Gasteiger partial charge in [0.15, 0.2) is 0 Å². The second-order valence-corrected chi connectivity index (χ2v) is 4.48. The van der Waals surface area contributed by atoms with Gasteiger partial charge in [0.2, 0.25) is 0 Å². The van der Waals surface area contributed by atoms with Crippen LogP contribution in [0.3, 0.4) is 0 Å². The summed E-state index contributed by atoms with van der Waals surface area (Å²) in [6.07, 6.45) is 10.4. The minimum Gasteiger partial charge on any atom is -0.355 e. The topological polar surface area (TPSA) is 27.6 Å². The molecule has 0 amide bonds. The predicted molar refractivity (Wildman–Crippen MR) is 46.0 cm³/mol. The second-order valence-electron chi connectivity index (χ2n) is 4.48. The van der Waals surface area contributed by atoms with Crippen molar-refractivity contribution in [1.82, 2.24) is 0 Å². The molecule has 1 nitrogen and oxygen atoms in total. The third-order valence-corrected chi connectivity index (χ3v) is 3.65. The predicted octanol–water partition coefficient (Wildman–Crippen LogP) is 1.59. The van der Waals surface area contributed by atoms with E-state index >= 15 is 0 Å². The van der Waals surface area contributed by atoms with E-state index in [1.165, 1.54) is 44.9 Å². The zero-order valence-corrected chi connectivity index (χ0v) is 7.39. The van der Waals surface area contributed by atoms with Crippen LogP contribution in [0.4, 0.5) is 0 Å². The molecule has 1 heteroatoms. The number of fused-ring (bicyclic) bond motifs is 1. The van der Waals surface area contributed by atoms with Crippen LogP contribution in [-0.4, -0.2) is 6.04 Å². The van der Waals surface area contributed by atoms with Gasteiger partial charge in [-0.05, 0) is 31.1 Å². The highest BCUT2D eigenvalue weighted by atomic mass is 14.6. The Balaban J connectivity index is 1.93. The van der Waals surface area contributed by atoms with Gasteiger partial charge >= 0.3 is 0 Å². The molecule has 3 atom stereocenters. The molecular formula is C10H20N+. The summed E-state index contributed by atoms with van der Waals surface area (Å²) in [6, 6.07) is 0.786. The fraction of sp³-hybridized carbons (Fsp3) is 1.00. The standard InChI is InChI=1S/C10H19N/c11-10-6-5-8-3-1-2-4-9(8)7-10/h8-10H,1-7,11H2/p+1/t8-,9+,10-/m0/s1. The van der Waals surface area contributed by atoms with Gasteiger partial charge in [-0.2, -0.15) is 0 Å². The fourth-order valence-corrected chi connectivity index (χ4v) is 2.97. The molecule has 2 aliphatic carbocycles. The van der Waals surface area contributed by atoms with E-state index in [1.807, 2.05) is 0 Å². The van der Waals surface area contributed by atoms with E-state index in [0.29, 0.717) is 0 Å². The Bertz CT molecular complexity index is 133. The summed E-state index contributed by atoms with van der Waals surface area (Å²) in [6.45, 7) is 0. The normalized spacial score (nSPS) is 45.0. The lowest BCUT2D eigenvalue weighted by atomic mass is 9.70. The van der Waals surface area contributed by atoms with Crippen LogP contribution >= 0.6 is 0 Å². The zero-order valence-electron chi connectivity index (χ0n) is 7.39. The molecule has 0 aromatic rings. The molecule has 0 spiro atoms. The molecule has 0 aromatic heterocycles. The molecule has 2 saturated carbocycles. The maximum absolute atomic E-state index is 4.19. The van der Waals surface area contributed by atoms with Crippen LogP contribution in [0.1, 0.15) is 44.9 Å². The van der Waals surface area contributed by atoms with E-state index < -0.39 is 0 Å². The van der Waals surface area contributed by atoms with Crippen molar-refractivity contribution >= 4 is 0 Å². The first kappa shape index (κ1) is 7.60. The maximum Gasteiger partial charge on any atom is 0.0846 e. The van der Waals surface area contributed by atoms with Crippen molar-refractivity contribution in [3.63, 3.8) is 0 Å². The zero-order chi connectivity index (χ0) is 7.68. The van der Waals surface area contributed by atoms with Crippen molar-refractivity contribution in [3.8, 4) is 0 Å². The number of rotatable bonds is 0. The summed E-state index contributed by atoms with van der Waals surface area (Å²) in [5.74, 6) is 2.17. The van der Waals surface area contributed by atoms with E-state index in [2.05, 4.69) is 5.73 Å². The highest BCUT2D eigenvalue weighted by molar-refractivity contribution is 4.82. The molecule has 0 saturated heterocycles.